The molecule has 1 aromatic rings. The van der Waals surface area contributed by atoms with Crippen LogP contribution in [0.15, 0.2) is 24.3 Å². The van der Waals surface area contributed by atoms with Crippen molar-refractivity contribution in [3.8, 4) is 0 Å². The quantitative estimate of drug-likeness (QED) is 0.787. The van der Waals surface area contributed by atoms with E-state index in [0.29, 0.717) is 6.42 Å². The van der Waals surface area contributed by atoms with Crippen LogP contribution in [0.2, 0.25) is 0 Å². The average Bonchev–Trinajstić information content (AvgIpc) is 2.37. The van der Waals surface area contributed by atoms with E-state index in [2.05, 4.69) is 12.2 Å². The molecule has 1 N–H and O–H groups in total. The lowest BCUT2D eigenvalue weighted by Crippen LogP contribution is -2.25. The molecule has 0 radical (unpaired) electrons. The lowest BCUT2D eigenvalue weighted by molar-refractivity contribution is -0.121. The lowest BCUT2D eigenvalue weighted by Gasteiger charge is -2.16. The Morgan fingerprint density at radius 2 is 1.89 bits per heavy atom. The van der Waals surface area contributed by atoms with Crippen LogP contribution in [0.25, 0.3) is 0 Å². The van der Waals surface area contributed by atoms with Gasteiger partial charge in [0.1, 0.15) is 5.82 Å². The highest BCUT2D eigenvalue weighted by Crippen LogP contribution is 2.25. The minimum atomic E-state index is -0.232. The molecule has 0 aliphatic heterocycles. The van der Waals surface area contributed by atoms with Gasteiger partial charge in [-0.05, 0) is 36.5 Å². The number of rotatable bonds is 7. The van der Waals surface area contributed by atoms with Crippen LogP contribution in [0.1, 0.15) is 51.0 Å². The number of hydrogen-bond acceptors (Lipinski definition) is 1. The summed E-state index contributed by atoms with van der Waals surface area (Å²) in [5, 5.41) is 2.89. The Labute approximate surface area is 109 Å². The Kier molecular flexibility index (Phi) is 6.40. The van der Waals surface area contributed by atoms with Gasteiger partial charge in [-0.15, -0.1) is 0 Å². The summed E-state index contributed by atoms with van der Waals surface area (Å²) in [7, 11) is 0. The molecule has 0 aromatic heterocycles. The summed E-state index contributed by atoms with van der Waals surface area (Å²) in [6, 6.07) is 6.48. The highest BCUT2D eigenvalue weighted by atomic mass is 19.1. The molecule has 1 aromatic carbocycles. The highest BCUT2D eigenvalue weighted by molar-refractivity contribution is 5.76. The fourth-order valence-electron chi connectivity index (χ4n) is 2.03. The van der Waals surface area contributed by atoms with Crippen LogP contribution in [0.3, 0.4) is 0 Å². The molecule has 0 spiro atoms. The summed E-state index contributed by atoms with van der Waals surface area (Å²) in [5.74, 6) is 0.0384. The van der Waals surface area contributed by atoms with E-state index in [1.54, 1.807) is 12.1 Å². The molecule has 0 bridgehead atoms. The van der Waals surface area contributed by atoms with Crippen LogP contribution >= 0.6 is 0 Å². The van der Waals surface area contributed by atoms with Crippen LogP contribution in [0.4, 0.5) is 4.39 Å². The van der Waals surface area contributed by atoms with Crippen molar-refractivity contribution in [1.82, 2.24) is 5.32 Å². The lowest BCUT2D eigenvalue weighted by atomic mass is 9.91. The zero-order valence-corrected chi connectivity index (χ0v) is 11.2. The molecule has 0 fully saturated rings. The molecule has 100 valence electrons. The zero-order valence-electron chi connectivity index (χ0n) is 11.2. The van der Waals surface area contributed by atoms with Crippen molar-refractivity contribution in [3.63, 3.8) is 0 Å². The first-order valence-corrected chi connectivity index (χ1v) is 6.69. The molecular formula is C15H22FNO. The van der Waals surface area contributed by atoms with Crippen molar-refractivity contribution < 1.29 is 9.18 Å². The molecule has 0 heterocycles. The Balaban J connectivity index is 2.64. The summed E-state index contributed by atoms with van der Waals surface area (Å²) in [6.45, 7) is 4.85. The summed E-state index contributed by atoms with van der Waals surface area (Å²) in [4.78, 5) is 11.7. The summed E-state index contributed by atoms with van der Waals surface area (Å²) in [6.07, 6.45) is 3.40. The molecule has 0 saturated carbocycles. The van der Waals surface area contributed by atoms with E-state index in [0.717, 1.165) is 31.4 Å². The van der Waals surface area contributed by atoms with Crippen LogP contribution in [-0.2, 0) is 4.79 Å². The molecule has 18 heavy (non-hydrogen) atoms. The second kappa shape index (κ2) is 7.85. The number of benzene rings is 1. The van der Waals surface area contributed by atoms with Crippen molar-refractivity contribution in [3.05, 3.63) is 35.6 Å². The molecule has 1 rings (SSSR count). The Morgan fingerprint density at radius 3 is 2.44 bits per heavy atom. The van der Waals surface area contributed by atoms with Crippen LogP contribution < -0.4 is 5.32 Å². The van der Waals surface area contributed by atoms with Gasteiger partial charge in [0.2, 0.25) is 5.91 Å². The molecule has 0 saturated heterocycles. The zero-order chi connectivity index (χ0) is 13.4. The molecule has 1 atom stereocenters. The number of nitrogens with one attached hydrogen (secondary N) is 1. The first kappa shape index (κ1) is 14.7. The van der Waals surface area contributed by atoms with E-state index in [9.17, 15) is 9.18 Å². The van der Waals surface area contributed by atoms with Crippen LogP contribution in [0.5, 0.6) is 0 Å². The van der Waals surface area contributed by atoms with E-state index < -0.39 is 0 Å². The van der Waals surface area contributed by atoms with Crippen molar-refractivity contribution in [2.75, 3.05) is 6.54 Å². The first-order chi connectivity index (χ1) is 8.67. The highest BCUT2D eigenvalue weighted by Gasteiger charge is 2.15. The number of halogens is 1. The summed E-state index contributed by atoms with van der Waals surface area (Å²) in [5.41, 5.74) is 1.05. The number of hydrogen-bond donors (Lipinski definition) is 1. The monoisotopic (exact) mass is 251 g/mol. The van der Waals surface area contributed by atoms with Crippen molar-refractivity contribution in [2.45, 2.75) is 45.4 Å². The number of amides is 1. The van der Waals surface area contributed by atoms with E-state index in [4.69, 9.17) is 0 Å². The number of carbonyl (C=O) groups is 1. The number of carbonyl (C=O) groups excluding carboxylic acids is 1. The standard InChI is InChI=1S/C15H22FNO/c1-3-5-13(11-15(18)17-10-4-2)12-6-8-14(16)9-7-12/h6-9,13H,3-5,10-11H2,1-2H3,(H,17,18). The van der Waals surface area contributed by atoms with Crippen molar-refractivity contribution in [2.24, 2.45) is 0 Å². The Hall–Kier alpha value is -1.38. The molecule has 3 heteroatoms. The smallest absolute Gasteiger partial charge is 0.220 e. The third kappa shape index (κ3) is 4.86. The van der Waals surface area contributed by atoms with E-state index in [1.165, 1.54) is 12.1 Å². The normalized spacial score (nSPS) is 12.2. The minimum absolute atomic E-state index is 0.0830. The molecular weight excluding hydrogens is 229 g/mol. The maximum atomic E-state index is 12.9. The largest absolute Gasteiger partial charge is 0.356 e. The third-order valence-corrected chi connectivity index (χ3v) is 2.98. The molecule has 0 aliphatic carbocycles. The molecule has 1 unspecified atom stereocenters. The van der Waals surface area contributed by atoms with E-state index in [1.807, 2.05) is 6.92 Å². The van der Waals surface area contributed by atoms with Gasteiger partial charge in [0.05, 0.1) is 0 Å². The van der Waals surface area contributed by atoms with Crippen molar-refractivity contribution in [1.29, 1.82) is 0 Å². The van der Waals surface area contributed by atoms with E-state index in [-0.39, 0.29) is 17.6 Å². The average molecular weight is 251 g/mol. The van der Waals surface area contributed by atoms with Gasteiger partial charge >= 0.3 is 0 Å². The van der Waals surface area contributed by atoms with Gasteiger partial charge in [-0.2, -0.15) is 0 Å². The second-order valence-electron chi connectivity index (χ2n) is 4.59. The summed E-state index contributed by atoms with van der Waals surface area (Å²) < 4.78 is 12.9. The van der Waals surface area contributed by atoms with Gasteiger partial charge in [-0.25, -0.2) is 4.39 Å². The minimum Gasteiger partial charge on any atom is -0.356 e. The predicted octanol–water partition coefficient (Wildman–Crippen LogP) is 3.63. The predicted molar refractivity (Wildman–Crippen MR) is 72.0 cm³/mol. The second-order valence-corrected chi connectivity index (χ2v) is 4.59. The van der Waals surface area contributed by atoms with Gasteiger partial charge in [0, 0.05) is 13.0 Å². The van der Waals surface area contributed by atoms with Gasteiger partial charge in [-0.3, -0.25) is 4.79 Å². The Bertz CT molecular complexity index is 361. The first-order valence-electron chi connectivity index (χ1n) is 6.69. The van der Waals surface area contributed by atoms with Gasteiger partial charge < -0.3 is 5.32 Å². The van der Waals surface area contributed by atoms with Crippen LogP contribution in [-0.4, -0.2) is 12.5 Å². The SMILES string of the molecule is CCCNC(=O)CC(CCC)c1ccc(F)cc1. The molecule has 0 aliphatic rings. The van der Waals surface area contributed by atoms with Crippen LogP contribution in [0, 0.1) is 5.82 Å². The van der Waals surface area contributed by atoms with Gasteiger partial charge in [0.25, 0.3) is 0 Å². The van der Waals surface area contributed by atoms with Gasteiger partial charge in [-0.1, -0.05) is 32.4 Å². The molecule has 2 nitrogen and oxygen atoms in total. The maximum absolute atomic E-state index is 12.9. The fraction of sp³-hybridized carbons (Fsp3) is 0.533. The third-order valence-electron chi connectivity index (χ3n) is 2.98. The van der Waals surface area contributed by atoms with Gasteiger partial charge in [0.15, 0.2) is 0 Å². The van der Waals surface area contributed by atoms with E-state index >= 15 is 0 Å². The van der Waals surface area contributed by atoms with Crippen molar-refractivity contribution >= 4 is 5.91 Å². The summed E-state index contributed by atoms with van der Waals surface area (Å²) >= 11 is 0. The fourth-order valence-corrected chi connectivity index (χ4v) is 2.03. The topological polar surface area (TPSA) is 29.1 Å². The maximum Gasteiger partial charge on any atom is 0.220 e. The molecule has 1 amide bonds. The Morgan fingerprint density at radius 1 is 1.22 bits per heavy atom.